The van der Waals surface area contributed by atoms with Gasteiger partial charge in [0.2, 0.25) is 0 Å². The molecule has 22 heavy (non-hydrogen) atoms. The van der Waals surface area contributed by atoms with Crippen molar-refractivity contribution in [2.75, 3.05) is 47.1 Å². The van der Waals surface area contributed by atoms with Crippen molar-refractivity contribution in [2.45, 2.75) is 25.8 Å². The molecule has 1 aliphatic heterocycles. The monoisotopic (exact) mass is 338 g/mol. The zero-order valence-electron chi connectivity index (χ0n) is 13.4. The fourth-order valence-corrected chi connectivity index (χ4v) is 4.48. The Morgan fingerprint density at radius 2 is 1.82 bits per heavy atom. The van der Waals surface area contributed by atoms with E-state index in [-0.39, 0.29) is 26.3 Å². The highest BCUT2D eigenvalue weighted by Gasteiger charge is 2.41. The molecule has 1 saturated heterocycles. The smallest absolute Gasteiger partial charge is 0.308 e. The van der Waals surface area contributed by atoms with Crippen LogP contribution in [0.5, 0.6) is 0 Å². The lowest BCUT2D eigenvalue weighted by Crippen LogP contribution is -2.54. The van der Waals surface area contributed by atoms with Gasteiger partial charge in [0.25, 0.3) is 10.2 Å². The van der Waals surface area contributed by atoms with Gasteiger partial charge >= 0.3 is 5.97 Å². The molecule has 1 fully saturated rings. The summed E-state index contributed by atoms with van der Waals surface area (Å²) in [5.74, 6) is -1.62. The molecule has 0 aromatic heterocycles. The SMILES string of the molecule is COCCN(CCOC)S(=O)(=O)N1CCC[C@H](C(=O)O)[C@@H]1C. The Kier molecular flexibility index (Phi) is 7.70. The van der Waals surface area contributed by atoms with Gasteiger partial charge in [-0.05, 0) is 19.8 Å². The molecule has 0 spiro atoms. The van der Waals surface area contributed by atoms with Gasteiger partial charge in [0.1, 0.15) is 0 Å². The standard InChI is InChI=1S/C13H26N2O6S/c1-11-12(13(16)17)5-4-6-15(11)22(18,19)14(7-9-20-2)8-10-21-3/h11-12H,4-10H2,1-3H3,(H,16,17)/t11-,12-/m0/s1. The molecule has 0 bridgehead atoms. The van der Waals surface area contributed by atoms with E-state index in [4.69, 9.17) is 9.47 Å². The van der Waals surface area contributed by atoms with Crippen LogP contribution < -0.4 is 0 Å². The minimum absolute atomic E-state index is 0.211. The van der Waals surface area contributed by atoms with E-state index in [1.54, 1.807) is 6.92 Å². The molecule has 0 radical (unpaired) electrons. The van der Waals surface area contributed by atoms with Gasteiger partial charge in [-0.2, -0.15) is 17.0 Å². The molecule has 0 aromatic carbocycles. The van der Waals surface area contributed by atoms with Gasteiger partial charge in [-0.15, -0.1) is 0 Å². The average Bonchev–Trinajstić information content (AvgIpc) is 2.46. The third-order valence-corrected chi connectivity index (χ3v) is 6.09. The number of aliphatic carboxylic acids is 1. The van der Waals surface area contributed by atoms with Crippen LogP contribution in [0.1, 0.15) is 19.8 Å². The van der Waals surface area contributed by atoms with E-state index in [1.807, 2.05) is 0 Å². The summed E-state index contributed by atoms with van der Waals surface area (Å²) in [7, 11) is -0.731. The first kappa shape index (κ1) is 19.3. The molecule has 0 amide bonds. The van der Waals surface area contributed by atoms with Crippen LogP contribution in [-0.4, -0.2) is 81.2 Å². The van der Waals surface area contributed by atoms with Crippen molar-refractivity contribution in [2.24, 2.45) is 5.92 Å². The summed E-state index contributed by atoms with van der Waals surface area (Å²) < 4.78 is 38.2. The van der Waals surface area contributed by atoms with Crippen LogP contribution in [-0.2, 0) is 24.5 Å². The third-order valence-electron chi connectivity index (χ3n) is 3.96. The second kappa shape index (κ2) is 8.78. The van der Waals surface area contributed by atoms with Crippen LogP contribution >= 0.6 is 0 Å². The van der Waals surface area contributed by atoms with E-state index in [0.717, 1.165) is 0 Å². The number of carboxylic acid groups (broad SMARTS) is 1. The second-order valence-electron chi connectivity index (χ2n) is 5.33. The summed E-state index contributed by atoms with van der Waals surface area (Å²) in [5.41, 5.74) is 0. The highest BCUT2D eigenvalue weighted by molar-refractivity contribution is 7.86. The van der Waals surface area contributed by atoms with E-state index in [0.29, 0.717) is 19.4 Å². The maximum Gasteiger partial charge on any atom is 0.308 e. The van der Waals surface area contributed by atoms with E-state index in [2.05, 4.69) is 0 Å². The molecule has 2 atom stereocenters. The second-order valence-corrected chi connectivity index (χ2v) is 7.21. The number of rotatable bonds is 9. The van der Waals surface area contributed by atoms with Crippen molar-refractivity contribution in [1.82, 2.24) is 8.61 Å². The first-order chi connectivity index (χ1) is 10.4. The topological polar surface area (TPSA) is 96.4 Å². The predicted molar refractivity (Wildman–Crippen MR) is 80.8 cm³/mol. The number of carbonyl (C=O) groups is 1. The van der Waals surface area contributed by atoms with Gasteiger partial charge in [0, 0.05) is 39.9 Å². The normalized spacial score (nSPS) is 23.8. The zero-order valence-corrected chi connectivity index (χ0v) is 14.2. The molecule has 0 aliphatic carbocycles. The Morgan fingerprint density at radius 3 is 2.27 bits per heavy atom. The minimum Gasteiger partial charge on any atom is -0.481 e. The number of piperidine rings is 1. The van der Waals surface area contributed by atoms with Gasteiger partial charge in [-0.25, -0.2) is 0 Å². The number of hydrogen-bond acceptors (Lipinski definition) is 5. The average molecular weight is 338 g/mol. The quantitative estimate of drug-likeness (QED) is 0.636. The molecule has 1 rings (SSSR count). The first-order valence-electron chi connectivity index (χ1n) is 7.33. The molecule has 130 valence electrons. The van der Waals surface area contributed by atoms with E-state index in [9.17, 15) is 18.3 Å². The van der Waals surface area contributed by atoms with E-state index in [1.165, 1.54) is 22.8 Å². The minimum atomic E-state index is -3.74. The summed E-state index contributed by atoms with van der Waals surface area (Å²) in [6.07, 6.45) is 1.04. The highest BCUT2D eigenvalue weighted by Crippen LogP contribution is 2.27. The fourth-order valence-electron chi connectivity index (χ4n) is 2.64. The van der Waals surface area contributed by atoms with Crippen molar-refractivity contribution >= 4 is 16.2 Å². The van der Waals surface area contributed by atoms with Crippen LogP contribution in [0.2, 0.25) is 0 Å². The maximum absolute atomic E-state index is 12.8. The maximum atomic E-state index is 12.8. The Balaban J connectivity index is 2.93. The molecule has 8 nitrogen and oxygen atoms in total. The van der Waals surface area contributed by atoms with Crippen LogP contribution in [0, 0.1) is 5.92 Å². The van der Waals surface area contributed by atoms with Crippen molar-refractivity contribution < 1.29 is 27.8 Å². The first-order valence-corrected chi connectivity index (χ1v) is 8.73. The molecule has 9 heteroatoms. The lowest BCUT2D eigenvalue weighted by molar-refractivity contribution is -0.144. The Hall–Kier alpha value is -0.740. The summed E-state index contributed by atoms with van der Waals surface area (Å²) in [6.45, 7) is 2.96. The van der Waals surface area contributed by atoms with Crippen molar-refractivity contribution in [3.05, 3.63) is 0 Å². The van der Waals surface area contributed by atoms with Crippen LogP contribution in [0.3, 0.4) is 0 Å². The largest absolute Gasteiger partial charge is 0.481 e. The van der Waals surface area contributed by atoms with Crippen molar-refractivity contribution in [1.29, 1.82) is 0 Å². The molecule has 0 saturated carbocycles. The Labute approximate surface area is 132 Å². The van der Waals surface area contributed by atoms with Gasteiger partial charge in [0.05, 0.1) is 19.1 Å². The summed E-state index contributed by atoms with van der Waals surface area (Å²) >= 11 is 0. The van der Waals surface area contributed by atoms with Crippen molar-refractivity contribution in [3.63, 3.8) is 0 Å². The fraction of sp³-hybridized carbons (Fsp3) is 0.923. The van der Waals surface area contributed by atoms with E-state index >= 15 is 0 Å². The van der Waals surface area contributed by atoms with Gasteiger partial charge in [0.15, 0.2) is 0 Å². The lowest BCUT2D eigenvalue weighted by Gasteiger charge is -2.39. The van der Waals surface area contributed by atoms with E-state index < -0.39 is 28.1 Å². The van der Waals surface area contributed by atoms with Gasteiger partial charge < -0.3 is 14.6 Å². The number of methoxy groups -OCH3 is 2. The Bertz CT molecular complexity index is 447. The van der Waals surface area contributed by atoms with Crippen LogP contribution in [0.25, 0.3) is 0 Å². The number of ether oxygens (including phenoxy) is 2. The summed E-state index contributed by atoms with van der Waals surface area (Å²) in [4.78, 5) is 11.3. The summed E-state index contributed by atoms with van der Waals surface area (Å²) in [5, 5.41) is 9.24. The predicted octanol–water partition coefficient (Wildman–Crippen LogP) is 0.0111. The van der Waals surface area contributed by atoms with Crippen LogP contribution in [0.15, 0.2) is 0 Å². The zero-order chi connectivity index (χ0) is 16.8. The molecule has 0 unspecified atom stereocenters. The molecule has 0 aromatic rings. The highest BCUT2D eigenvalue weighted by atomic mass is 32.2. The molecule has 1 heterocycles. The number of hydrogen-bond donors (Lipinski definition) is 1. The third kappa shape index (κ3) is 4.63. The van der Waals surface area contributed by atoms with Gasteiger partial charge in [-0.1, -0.05) is 0 Å². The number of nitrogens with zero attached hydrogens (tertiary/aromatic N) is 2. The number of carboxylic acids is 1. The molecule has 1 aliphatic rings. The molecular weight excluding hydrogens is 312 g/mol. The van der Waals surface area contributed by atoms with Crippen molar-refractivity contribution in [3.8, 4) is 0 Å². The Morgan fingerprint density at radius 1 is 1.27 bits per heavy atom. The van der Waals surface area contributed by atoms with Crippen LogP contribution in [0.4, 0.5) is 0 Å². The lowest BCUT2D eigenvalue weighted by atomic mass is 9.92. The molecule has 1 N–H and O–H groups in total. The molecular formula is C13H26N2O6S. The van der Waals surface area contributed by atoms with Gasteiger partial charge in [-0.3, -0.25) is 4.79 Å². The summed E-state index contributed by atoms with van der Waals surface area (Å²) in [6, 6.07) is -0.566.